The Hall–Kier alpha value is -3.31. The smallest absolute Gasteiger partial charge is 0.223 e. The molecular weight excluding hydrogens is 422 g/mol. The first-order valence-electron chi connectivity index (χ1n) is 12.3. The van der Waals surface area contributed by atoms with Gasteiger partial charge in [0.2, 0.25) is 5.91 Å². The third-order valence-electron chi connectivity index (χ3n) is 7.08. The predicted octanol–water partition coefficient (Wildman–Crippen LogP) is 5.16. The molecule has 1 saturated heterocycles. The SMILES string of the molecule is Cc1ccccc1Cn1c(CN2CCC(C(=O)NCCc3ccco3)CC2)cc2ccccc21. The van der Waals surface area contributed by atoms with Crippen molar-refractivity contribution in [2.75, 3.05) is 19.6 Å². The van der Waals surface area contributed by atoms with Gasteiger partial charge in [-0.25, -0.2) is 0 Å². The van der Waals surface area contributed by atoms with Crippen LogP contribution in [-0.2, 0) is 24.3 Å². The number of nitrogens with zero attached hydrogens (tertiary/aromatic N) is 2. The Morgan fingerprint density at radius 1 is 1.00 bits per heavy atom. The van der Waals surface area contributed by atoms with Crippen LogP contribution in [0, 0.1) is 12.8 Å². The number of aryl methyl sites for hydroxylation is 1. The summed E-state index contributed by atoms with van der Waals surface area (Å²) in [4.78, 5) is 15.1. The van der Waals surface area contributed by atoms with Crippen LogP contribution in [0.1, 0.15) is 35.4 Å². The molecule has 0 atom stereocenters. The molecule has 4 aromatic rings. The summed E-state index contributed by atoms with van der Waals surface area (Å²) < 4.78 is 7.81. The molecule has 1 amide bonds. The minimum Gasteiger partial charge on any atom is -0.469 e. The molecule has 1 N–H and O–H groups in total. The second-order valence-electron chi connectivity index (χ2n) is 9.38. The van der Waals surface area contributed by atoms with Gasteiger partial charge in [0.05, 0.1) is 6.26 Å². The average Bonchev–Trinajstić information content (AvgIpc) is 3.49. The number of benzene rings is 2. The molecule has 3 heterocycles. The normalized spacial score (nSPS) is 15.1. The number of aromatic nitrogens is 1. The molecule has 0 saturated carbocycles. The van der Waals surface area contributed by atoms with E-state index in [1.165, 1.54) is 27.7 Å². The fourth-order valence-corrected chi connectivity index (χ4v) is 5.03. The third kappa shape index (κ3) is 5.10. The van der Waals surface area contributed by atoms with Crippen molar-refractivity contribution in [3.05, 3.63) is 95.6 Å². The van der Waals surface area contributed by atoms with Gasteiger partial charge in [-0.1, -0.05) is 42.5 Å². The lowest BCUT2D eigenvalue weighted by Gasteiger charge is -2.31. The predicted molar refractivity (Wildman–Crippen MR) is 136 cm³/mol. The molecule has 1 aliphatic rings. The summed E-state index contributed by atoms with van der Waals surface area (Å²) in [5, 5.41) is 4.38. The van der Waals surface area contributed by atoms with E-state index in [-0.39, 0.29) is 11.8 Å². The summed E-state index contributed by atoms with van der Waals surface area (Å²) in [6.45, 7) is 6.50. The minimum atomic E-state index is 0.102. The number of likely N-dealkylation sites (tertiary alicyclic amines) is 1. The van der Waals surface area contributed by atoms with Crippen LogP contribution < -0.4 is 5.32 Å². The number of amides is 1. The van der Waals surface area contributed by atoms with Gasteiger partial charge in [-0.15, -0.1) is 0 Å². The number of furan rings is 1. The monoisotopic (exact) mass is 455 g/mol. The fourth-order valence-electron chi connectivity index (χ4n) is 5.03. The fraction of sp³-hybridized carbons (Fsp3) is 0.345. The van der Waals surface area contributed by atoms with Gasteiger partial charge in [0, 0.05) is 43.2 Å². The van der Waals surface area contributed by atoms with Gasteiger partial charge in [-0.05, 0) is 73.6 Å². The lowest BCUT2D eigenvalue weighted by molar-refractivity contribution is -0.126. The van der Waals surface area contributed by atoms with Crippen molar-refractivity contribution < 1.29 is 9.21 Å². The molecule has 1 aliphatic heterocycles. The zero-order valence-electron chi connectivity index (χ0n) is 19.9. The number of nitrogens with one attached hydrogen (secondary N) is 1. The molecule has 2 aromatic heterocycles. The summed E-state index contributed by atoms with van der Waals surface area (Å²) in [7, 11) is 0. The van der Waals surface area contributed by atoms with E-state index < -0.39 is 0 Å². The summed E-state index contributed by atoms with van der Waals surface area (Å²) in [5.74, 6) is 1.20. The first-order valence-corrected chi connectivity index (χ1v) is 12.3. The van der Waals surface area contributed by atoms with Crippen molar-refractivity contribution in [2.24, 2.45) is 5.92 Å². The van der Waals surface area contributed by atoms with Crippen molar-refractivity contribution in [3.8, 4) is 0 Å². The highest BCUT2D eigenvalue weighted by Gasteiger charge is 2.25. The molecule has 0 unspecified atom stereocenters. The Bertz CT molecular complexity index is 1230. The maximum Gasteiger partial charge on any atom is 0.223 e. The van der Waals surface area contributed by atoms with Gasteiger partial charge >= 0.3 is 0 Å². The topological polar surface area (TPSA) is 50.4 Å². The van der Waals surface area contributed by atoms with E-state index in [0.29, 0.717) is 6.54 Å². The van der Waals surface area contributed by atoms with Crippen molar-refractivity contribution in [1.29, 1.82) is 0 Å². The van der Waals surface area contributed by atoms with Crippen LogP contribution in [0.4, 0.5) is 0 Å². The van der Waals surface area contributed by atoms with E-state index in [0.717, 1.165) is 51.2 Å². The van der Waals surface area contributed by atoms with Gasteiger partial charge < -0.3 is 14.3 Å². The first-order chi connectivity index (χ1) is 16.7. The highest BCUT2D eigenvalue weighted by Crippen LogP contribution is 2.25. The number of carbonyl (C=O) groups is 1. The zero-order valence-corrected chi connectivity index (χ0v) is 19.9. The Balaban J connectivity index is 1.21. The van der Waals surface area contributed by atoms with E-state index in [2.05, 4.69) is 76.3 Å². The van der Waals surface area contributed by atoms with Crippen LogP contribution >= 0.6 is 0 Å². The summed E-state index contributed by atoms with van der Waals surface area (Å²) >= 11 is 0. The quantitative estimate of drug-likeness (QED) is 0.399. The van der Waals surface area contributed by atoms with Gasteiger partial charge in [-0.2, -0.15) is 0 Å². The number of piperidine rings is 1. The highest BCUT2D eigenvalue weighted by atomic mass is 16.3. The van der Waals surface area contributed by atoms with E-state index in [1.54, 1.807) is 6.26 Å². The van der Waals surface area contributed by atoms with Gasteiger partial charge in [0.1, 0.15) is 5.76 Å². The standard InChI is InChI=1S/C29H33N3O2/c1-22-7-2-3-9-25(22)20-32-26(19-24-8-4-5-11-28(24)32)21-31-16-13-23(14-17-31)29(33)30-15-12-27-10-6-18-34-27/h2-11,18-19,23H,12-17,20-21H2,1H3,(H,30,33). The summed E-state index contributed by atoms with van der Waals surface area (Å²) in [6, 6.07) is 23.5. The first kappa shape index (κ1) is 22.5. The molecule has 1 fully saturated rings. The summed E-state index contributed by atoms with van der Waals surface area (Å²) in [6.07, 6.45) is 4.23. The molecule has 0 spiro atoms. The van der Waals surface area contributed by atoms with Gasteiger partial charge in [0.25, 0.3) is 0 Å². The second kappa shape index (κ2) is 10.3. The molecule has 34 heavy (non-hydrogen) atoms. The molecule has 176 valence electrons. The molecule has 0 aliphatic carbocycles. The maximum atomic E-state index is 12.6. The molecule has 2 aromatic carbocycles. The van der Waals surface area contributed by atoms with Crippen molar-refractivity contribution in [2.45, 2.75) is 39.3 Å². The molecule has 0 bridgehead atoms. The number of para-hydroxylation sites is 1. The van der Waals surface area contributed by atoms with Crippen LogP contribution in [0.25, 0.3) is 10.9 Å². The van der Waals surface area contributed by atoms with Crippen molar-refractivity contribution in [3.63, 3.8) is 0 Å². The van der Waals surface area contributed by atoms with Gasteiger partial charge in [0.15, 0.2) is 0 Å². The Morgan fingerprint density at radius 3 is 2.59 bits per heavy atom. The van der Waals surface area contributed by atoms with Crippen LogP contribution in [-0.4, -0.2) is 35.0 Å². The van der Waals surface area contributed by atoms with Crippen LogP contribution in [0.3, 0.4) is 0 Å². The van der Waals surface area contributed by atoms with Crippen molar-refractivity contribution in [1.82, 2.24) is 14.8 Å². The number of carbonyl (C=O) groups excluding carboxylic acids is 1. The lowest BCUT2D eigenvalue weighted by atomic mass is 9.95. The number of hydrogen-bond donors (Lipinski definition) is 1. The second-order valence-corrected chi connectivity index (χ2v) is 9.38. The number of fused-ring (bicyclic) bond motifs is 1. The number of hydrogen-bond acceptors (Lipinski definition) is 3. The van der Waals surface area contributed by atoms with Crippen LogP contribution in [0.15, 0.2) is 77.4 Å². The van der Waals surface area contributed by atoms with E-state index >= 15 is 0 Å². The van der Waals surface area contributed by atoms with Crippen molar-refractivity contribution >= 4 is 16.8 Å². The third-order valence-corrected chi connectivity index (χ3v) is 7.08. The average molecular weight is 456 g/mol. The Labute approximate surface area is 201 Å². The molecule has 5 heteroatoms. The highest BCUT2D eigenvalue weighted by molar-refractivity contribution is 5.81. The van der Waals surface area contributed by atoms with Crippen LogP contribution in [0.5, 0.6) is 0 Å². The van der Waals surface area contributed by atoms with Gasteiger partial charge in [-0.3, -0.25) is 9.69 Å². The van der Waals surface area contributed by atoms with E-state index in [9.17, 15) is 4.79 Å². The molecular formula is C29H33N3O2. The maximum absolute atomic E-state index is 12.6. The Morgan fingerprint density at radius 2 is 1.79 bits per heavy atom. The number of rotatable bonds is 8. The lowest BCUT2D eigenvalue weighted by Crippen LogP contribution is -2.40. The molecule has 5 rings (SSSR count). The molecule has 0 radical (unpaired) electrons. The summed E-state index contributed by atoms with van der Waals surface area (Å²) in [5.41, 5.74) is 5.30. The zero-order chi connectivity index (χ0) is 23.3. The largest absolute Gasteiger partial charge is 0.469 e. The van der Waals surface area contributed by atoms with E-state index in [4.69, 9.17) is 4.42 Å². The minimum absolute atomic E-state index is 0.102. The van der Waals surface area contributed by atoms with Crippen LogP contribution in [0.2, 0.25) is 0 Å². The molecule has 5 nitrogen and oxygen atoms in total. The Kier molecular flexibility index (Phi) is 6.82. The van der Waals surface area contributed by atoms with E-state index in [1.807, 2.05) is 12.1 Å².